The van der Waals surface area contributed by atoms with Gasteiger partial charge in [-0.3, -0.25) is 10.1 Å². The molecule has 0 aliphatic carbocycles. The van der Waals surface area contributed by atoms with Crippen LogP contribution in [-0.4, -0.2) is 10.9 Å². The van der Waals surface area contributed by atoms with E-state index < -0.39 is 5.91 Å². The first-order valence-corrected chi connectivity index (χ1v) is 9.02. The summed E-state index contributed by atoms with van der Waals surface area (Å²) in [4.78, 5) is 16.8. The van der Waals surface area contributed by atoms with Crippen LogP contribution in [0.2, 0.25) is 5.02 Å². The van der Waals surface area contributed by atoms with E-state index in [9.17, 15) is 10.1 Å². The van der Waals surface area contributed by atoms with Crippen LogP contribution in [0, 0.1) is 18.3 Å². The number of amides is 1. The zero-order valence-electron chi connectivity index (χ0n) is 13.9. The van der Waals surface area contributed by atoms with Crippen LogP contribution in [0.1, 0.15) is 11.1 Å². The molecule has 1 heterocycles. The number of thiazole rings is 1. The Hall–Kier alpha value is -2.94. The topological polar surface area (TPSA) is 65.8 Å². The van der Waals surface area contributed by atoms with Crippen LogP contribution >= 0.6 is 22.9 Å². The van der Waals surface area contributed by atoms with E-state index in [-0.39, 0.29) is 5.57 Å². The first-order valence-electron chi connectivity index (χ1n) is 7.76. The number of nitrogens with zero attached hydrogens (tertiary/aromatic N) is 2. The van der Waals surface area contributed by atoms with Gasteiger partial charge in [-0.05, 0) is 30.7 Å². The second-order valence-corrected chi connectivity index (χ2v) is 6.87. The number of nitriles is 1. The molecule has 0 radical (unpaired) electrons. The predicted molar refractivity (Wildman–Crippen MR) is 106 cm³/mol. The van der Waals surface area contributed by atoms with Crippen LogP contribution in [0.5, 0.6) is 0 Å². The monoisotopic (exact) mass is 379 g/mol. The van der Waals surface area contributed by atoms with Crippen LogP contribution in [0.4, 0.5) is 5.13 Å². The quantitative estimate of drug-likeness (QED) is 0.493. The summed E-state index contributed by atoms with van der Waals surface area (Å²) in [7, 11) is 0. The van der Waals surface area contributed by atoms with Gasteiger partial charge in [-0.25, -0.2) is 4.98 Å². The summed E-state index contributed by atoms with van der Waals surface area (Å²) in [6, 6.07) is 16.8. The molecule has 128 valence electrons. The third-order valence-corrected chi connectivity index (χ3v) is 4.63. The zero-order chi connectivity index (χ0) is 18.5. The third-order valence-electron chi connectivity index (χ3n) is 3.62. The molecule has 1 aromatic heterocycles. The number of hydrogen-bond acceptors (Lipinski definition) is 4. The van der Waals surface area contributed by atoms with Gasteiger partial charge in [0.05, 0.1) is 5.69 Å². The van der Waals surface area contributed by atoms with Crippen LogP contribution in [-0.2, 0) is 4.79 Å². The molecule has 0 aliphatic rings. The van der Waals surface area contributed by atoms with Gasteiger partial charge in [0.15, 0.2) is 5.13 Å². The normalized spacial score (nSPS) is 11.0. The lowest BCUT2D eigenvalue weighted by atomic mass is 10.1. The van der Waals surface area contributed by atoms with Crippen molar-refractivity contribution in [2.24, 2.45) is 0 Å². The van der Waals surface area contributed by atoms with Crippen molar-refractivity contribution >= 4 is 40.1 Å². The Labute approximate surface area is 160 Å². The molecule has 3 rings (SSSR count). The Balaban J connectivity index is 1.75. The standard InChI is InChI=1S/C20H14ClN3OS/c1-13-2-6-15(7-3-13)18-12-26-20(23-18)24-19(25)16(11-22)10-14-4-8-17(21)9-5-14/h2-10,12H,1H3,(H,23,24,25)/b16-10+. The lowest BCUT2D eigenvalue weighted by Crippen LogP contribution is -2.13. The first-order chi connectivity index (χ1) is 12.5. The number of nitrogens with one attached hydrogen (secondary N) is 1. The number of hydrogen-bond donors (Lipinski definition) is 1. The Morgan fingerprint density at radius 3 is 2.54 bits per heavy atom. The second-order valence-electron chi connectivity index (χ2n) is 5.58. The fourth-order valence-electron chi connectivity index (χ4n) is 2.23. The number of rotatable bonds is 4. The predicted octanol–water partition coefficient (Wildman–Crippen LogP) is 5.32. The maximum absolute atomic E-state index is 12.3. The van der Waals surface area contributed by atoms with Gasteiger partial charge in [0.25, 0.3) is 5.91 Å². The molecule has 0 saturated heterocycles. The summed E-state index contributed by atoms with van der Waals surface area (Å²) >= 11 is 7.16. The van der Waals surface area contributed by atoms with Crippen LogP contribution < -0.4 is 5.32 Å². The SMILES string of the molecule is Cc1ccc(-c2csc(NC(=O)/C(C#N)=C/c3ccc(Cl)cc3)n2)cc1. The highest BCUT2D eigenvalue weighted by Gasteiger charge is 2.12. The van der Waals surface area contributed by atoms with Gasteiger partial charge in [-0.2, -0.15) is 5.26 Å². The summed E-state index contributed by atoms with van der Waals surface area (Å²) in [6.45, 7) is 2.02. The molecule has 0 fully saturated rings. The van der Waals surface area contributed by atoms with E-state index in [4.69, 9.17) is 11.6 Å². The zero-order valence-corrected chi connectivity index (χ0v) is 15.4. The maximum Gasteiger partial charge on any atom is 0.268 e. The minimum absolute atomic E-state index is 0.000548. The van der Waals surface area contributed by atoms with Crippen LogP contribution in [0.15, 0.2) is 59.5 Å². The molecule has 6 heteroatoms. The van der Waals surface area contributed by atoms with E-state index in [1.165, 1.54) is 23.0 Å². The molecule has 0 atom stereocenters. The van der Waals surface area contributed by atoms with Gasteiger partial charge < -0.3 is 0 Å². The van der Waals surface area contributed by atoms with Gasteiger partial charge in [0.2, 0.25) is 0 Å². The van der Waals surface area contributed by atoms with Gasteiger partial charge >= 0.3 is 0 Å². The van der Waals surface area contributed by atoms with Crippen molar-refractivity contribution in [2.45, 2.75) is 6.92 Å². The van der Waals surface area contributed by atoms with Gasteiger partial charge in [-0.15, -0.1) is 11.3 Å². The fraction of sp³-hybridized carbons (Fsp3) is 0.0500. The molecule has 26 heavy (non-hydrogen) atoms. The van der Waals surface area contributed by atoms with Crippen molar-refractivity contribution < 1.29 is 4.79 Å². The summed E-state index contributed by atoms with van der Waals surface area (Å²) in [5.41, 5.74) is 3.65. The van der Waals surface area contributed by atoms with Gasteiger partial charge in [0.1, 0.15) is 11.6 Å². The highest BCUT2D eigenvalue weighted by Crippen LogP contribution is 2.25. The molecule has 1 N–H and O–H groups in total. The largest absolute Gasteiger partial charge is 0.297 e. The molecule has 4 nitrogen and oxygen atoms in total. The van der Waals surface area contributed by atoms with E-state index in [0.717, 1.165) is 16.8 Å². The van der Waals surface area contributed by atoms with Crippen molar-refractivity contribution in [2.75, 3.05) is 5.32 Å². The van der Waals surface area contributed by atoms with Gasteiger partial charge in [0, 0.05) is 16.0 Å². The molecular formula is C20H14ClN3OS. The molecule has 0 spiro atoms. The van der Waals surface area contributed by atoms with Crippen LogP contribution in [0.3, 0.4) is 0 Å². The maximum atomic E-state index is 12.3. The average Bonchev–Trinajstić information content (AvgIpc) is 3.10. The highest BCUT2D eigenvalue weighted by atomic mass is 35.5. The summed E-state index contributed by atoms with van der Waals surface area (Å²) in [6.07, 6.45) is 1.51. The number of aryl methyl sites for hydroxylation is 1. The smallest absolute Gasteiger partial charge is 0.268 e. The Morgan fingerprint density at radius 1 is 1.19 bits per heavy atom. The van der Waals surface area contributed by atoms with Crippen molar-refractivity contribution in [1.29, 1.82) is 5.26 Å². The number of anilines is 1. The Kier molecular flexibility index (Phi) is 5.47. The third kappa shape index (κ3) is 4.37. The first kappa shape index (κ1) is 17.9. The van der Waals surface area contributed by atoms with E-state index >= 15 is 0 Å². The van der Waals surface area contributed by atoms with Crippen molar-refractivity contribution in [3.8, 4) is 17.3 Å². The summed E-state index contributed by atoms with van der Waals surface area (Å²) in [5, 5.41) is 14.9. The van der Waals surface area contributed by atoms with E-state index in [2.05, 4.69) is 10.3 Å². The van der Waals surface area contributed by atoms with E-state index in [0.29, 0.717) is 10.2 Å². The number of carbonyl (C=O) groups is 1. The molecule has 1 amide bonds. The van der Waals surface area contributed by atoms with Crippen LogP contribution in [0.25, 0.3) is 17.3 Å². The molecule has 3 aromatic rings. The van der Waals surface area contributed by atoms with Crippen molar-refractivity contribution in [3.05, 3.63) is 75.6 Å². The Bertz CT molecular complexity index is 999. The van der Waals surface area contributed by atoms with Crippen molar-refractivity contribution in [3.63, 3.8) is 0 Å². The molecular weight excluding hydrogens is 366 g/mol. The minimum Gasteiger partial charge on any atom is -0.297 e. The molecule has 0 aliphatic heterocycles. The van der Waals surface area contributed by atoms with E-state index in [1.807, 2.05) is 42.6 Å². The lowest BCUT2D eigenvalue weighted by molar-refractivity contribution is -0.112. The minimum atomic E-state index is -0.493. The molecule has 2 aromatic carbocycles. The second kappa shape index (κ2) is 7.96. The highest BCUT2D eigenvalue weighted by molar-refractivity contribution is 7.14. The summed E-state index contributed by atoms with van der Waals surface area (Å²) < 4.78 is 0. The van der Waals surface area contributed by atoms with Crippen molar-refractivity contribution in [1.82, 2.24) is 4.98 Å². The fourth-order valence-corrected chi connectivity index (χ4v) is 3.07. The van der Waals surface area contributed by atoms with E-state index in [1.54, 1.807) is 24.3 Å². The number of carbonyl (C=O) groups excluding carboxylic acids is 1. The molecule has 0 saturated carbocycles. The molecule has 0 unspecified atom stereocenters. The lowest BCUT2D eigenvalue weighted by Gasteiger charge is -2.01. The number of halogens is 1. The summed E-state index contributed by atoms with van der Waals surface area (Å²) in [5.74, 6) is -0.493. The average molecular weight is 380 g/mol. The Morgan fingerprint density at radius 2 is 1.88 bits per heavy atom. The number of benzene rings is 2. The number of aromatic nitrogens is 1. The molecule has 0 bridgehead atoms. The van der Waals surface area contributed by atoms with Gasteiger partial charge in [-0.1, -0.05) is 53.6 Å².